The van der Waals surface area contributed by atoms with Gasteiger partial charge in [0, 0.05) is 25.8 Å². The molecule has 1 N–H and O–H groups in total. The van der Waals surface area contributed by atoms with Crippen molar-refractivity contribution in [1.82, 2.24) is 15.1 Å². The summed E-state index contributed by atoms with van der Waals surface area (Å²) in [6.07, 6.45) is 5.51. The van der Waals surface area contributed by atoms with Crippen LogP contribution in [0.5, 0.6) is 0 Å². The van der Waals surface area contributed by atoms with Gasteiger partial charge in [-0.15, -0.1) is 0 Å². The van der Waals surface area contributed by atoms with E-state index in [1.807, 2.05) is 17.9 Å². The molecule has 0 aliphatic carbocycles. The zero-order chi connectivity index (χ0) is 13.5. The van der Waals surface area contributed by atoms with E-state index in [-0.39, 0.29) is 0 Å². The van der Waals surface area contributed by atoms with Crippen molar-refractivity contribution >= 4 is 0 Å². The van der Waals surface area contributed by atoms with Crippen LogP contribution < -0.4 is 5.32 Å². The van der Waals surface area contributed by atoms with E-state index in [0.29, 0.717) is 6.04 Å². The molecule has 0 saturated heterocycles. The van der Waals surface area contributed by atoms with Gasteiger partial charge >= 0.3 is 0 Å². The fourth-order valence-corrected chi connectivity index (χ4v) is 2.28. The highest BCUT2D eigenvalue weighted by atomic mass is 15.3. The third kappa shape index (κ3) is 3.93. The topological polar surface area (TPSA) is 29.9 Å². The van der Waals surface area contributed by atoms with E-state index >= 15 is 0 Å². The van der Waals surface area contributed by atoms with E-state index in [2.05, 4.69) is 53.7 Å². The molecule has 3 nitrogen and oxygen atoms in total. The third-order valence-electron chi connectivity index (χ3n) is 3.50. The molecule has 0 spiro atoms. The van der Waals surface area contributed by atoms with Gasteiger partial charge in [-0.3, -0.25) is 4.68 Å². The van der Waals surface area contributed by atoms with E-state index in [0.717, 1.165) is 6.54 Å². The van der Waals surface area contributed by atoms with Gasteiger partial charge in [0.1, 0.15) is 0 Å². The molecule has 1 heterocycles. The molecule has 102 valence electrons. The summed E-state index contributed by atoms with van der Waals surface area (Å²) >= 11 is 0. The maximum Gasteiger partial charge on any atom is 0.0518 e. The van der Waals surface area contributed by atoms with Gasteiger partial charge in [0.15, 0.2) is 0 Å². The molecule has 0 amide bonds. The standard InChI is InChI=1S/C16H23N3/c1-3-4-10-16(14-8-6-5-7-9-14)17-13-15-11-12-18-19(15)2/h5-9,11-12,16-17H,3-4,10,13H2,1-2H3. The van der Waals surface area contributed by atoms with Crippen LogP contribution in [0.15, 0.2) is 42.6 Å². The second-order valence-corrected chi connectivity index (χ2v) is 4.93. The molecule has 2 aromatic rings. The second kappa shape index (κ2) is 7.10. The molecule has 0 fully saturated rings. The molecule has 1 unspecified atom stereocenters. The summed E-state index contributed by atoms with van der Waals surface area (Å²) in [6.45, 7) is 3.10. The zero-order valence-electron chi connectivity index (χ0n) is 11.8. The predicted molar refractivity (Wildman–Crippen MR) is 78.8 cm³/mol. The van der Waals surface area contributed by atoms with Gasteiger partial charge in [-0.2, -0.15) is 5.10 Å². The highest BCUT2D eigenvalue weighted by molar-refractivity contribution is 5.19. The quantitative estimate of drug-likeness (QED) is 0.823. The summed E-state index contributed by atoms with van der Waals surface area (Å²) in [7, 11) is 1.99. The van der Waals surface area contributed by atoms with Gasteiger partial charge in [-0.25, -0.2) is 0 Å². The minimum Gasteiger partial charge on any atom is -0.304 e. The molecule has 0 bridgehead atoms. The molecule has 1 atom stereocenters. The highest BCUT2D eigenvalue weighted by Gasteiger charge is 2.10. The van der Waals surface area contributed by atoms with Crippen molar-refractivity contribution in [2.24, 2.45) is 7.05 Å². The minimum absolute atomic E-state index is 0.427. The molecule has 2 rings (SSSR count). The fourth-order valence-electron chi connectivity index (χ4n) is 2.28. The zero-order valence-corrected chi connectivity index (χ0v) is 11.8. The Kier molecular flexibility index (Phi) is 5.16. The molecule has 0 aliphatic heterocycles. The average Bonchev–Trinajstić information content (AvgIpc) is 2.85. The molecule has 0 aliphatic rings. The number of aryl methyl sites for hydroxylation is 1. The lowest BCUT2D eigenvalue weighted by Gasteiger charge is -2.19. The van der Waals surface area contributed by atoms with Crippen molar-refractivity contribution in [2.45, 2.75) is 38.8 Å². The number of nitrogens with one attached hydrogen (secondary N) is 1. The van der Waals surface area contributed by atoms with Crippen LogP contribution in [0, 0.1) is 0 Å². The maximum absolute atomic E-state index is 4.21. The highest BCUT2D eigenvalue weighted by Crippen LogP contribution is 2.19. The molecule has 0 saturated carbocycles. The average molecular weight is 257 g/mol. The smallest absolute Gasteiger partial charge is 0.0518 e. The monoisotopic (exact) mass is 257 g/mol. The summed E-state index contributed by atoms with van der Waals surface area (Å²) in [5.74, 6) is 0. The van der Waals surface area contributed by atoms with Crippen molar-refractivity contribution in [3.8, 4) is 0 Å². The van der Waals surface area contributed by atoms with E-state index < -0.39 is 0 Å². The Morgan fingerprint density at radius 1 is 1.21 bits per heavy atom. The minimum atomic E-state index is 0.427. The van der Waals surface area contributed by atoms with Crippen molar-refractivity contribution in [3.63, 3.8) is 0 Å². The lowest BCUT2D eigenvalue weighted by Crippen LogP contribution is -2.22. The van der Waals surface area contributed by atoms with Gasteiger partial charge in [-0.1, -0.05) is 50.1 Å². The summed E-state index contributed by atoms with van der Waals surface area (Å²) in [4.78, 5) is 0. The van der Waals surface area contributed by atoms with Crippen molar-refractivity contribution in [2.75, 3.05) is 0 Å². The lowest BCUT2D eigenvalue weighted by molar-refractivity contribution is 0.470. The van der Waals surface area contributed by atoms with Gasteiger partial charge in [0.25, 0.3) is 0 Å². The third-order valence-corrected chi connectivity index (χ3v) is 3.50. The van der Waals surface area contributed by atoms with Crippen LogP contribution in [0.4, 0.5) is 0 Å². The van der Waals surface area contributed by atoms with Crippen LogP contribution in [0.2, 0.25) is 0 Å². The Morgan fingerprint density at radius 2 is 2.00 bits per heavy atom. The van der Waals surface area contributed by atoms with E-state index in [9.17, 15) is 0 Å². The summed E-state index contributed by atoms with van der Waals surface area (Å²) in [6, 6.07) is 13.2. The van der Waals surface area contributed by atoms with Crippen LogP contribution in [0.3, 0.4) is 0 Å². The molecular formula is C16H23N3. The Bertz CT molecular complexity index is 476. The number of unbranched alkanes of at least 4 members (excludes halogenated alkanes) is 1. The largest absolute Gasteiger partial charge is 0.304 e. The number of rotatable bonds is 7. The van der Waals surface area contributed by atoms with Crippen molar-refractivity contribution in [1.29, 1.82) is 0 Å². The normalized spacial score (nSPS) is 12.5. The van der Waals surface area contributed by atoms with Crippen molar-refractivity contribution < 1.29 is 0 Å². The number of hydrogen-bond donors (Lipinski definition) is 1. The lowest BCUT2D eigenvalue weighted by atomic mass is 10.0. The molecular weight excluding hydrogens is 234 g/mol. The van der Waals surface area contributed by atoms with Gasteiger partial charge in [0.2, 0.25) is 0 Å². The number of aromatic nitrogens is 2. The Balaban J connectivity index is 2.00. The molecule has 1 aromatic carbocycles. The summed E-state index contributed by atoms with van der Waals surface area (Å²) in [5.41, 5.74) is 2.59. The van der Waals surface area contributed by atoms with Crippen LogP contribution in [-0.2, 0) is 13.6 Å². The SMILES string of the molecule is CCCCC(NCc1ccnn1C)c1ccccc1. The summed E-state index contributed by atoms with van der Waals surface area (Å²) in [5, 5.41) is 7.86. The second-order valence-electron chi connectivity index (χ2n) is 4.93. The first-order valence-corrected chi connectivity index (χ1v) is 7.06. The molecule has 3 heteroatoms. The van der Waals surface area contributed by atoms with Gasteiger partial charge in [0.05, 0.1) is 5.69 Å². The Labute approximate surface area is 115 Å². The van der Waals surface area contributed by atoms with Crippen LogP contribution in [0.25, 0.3) is 0 Å². The number of hydrogen-bond acceptors (Lipinski definition) is 2. The molecule has 19 heavy (non-hydrogen) atoms. The van der Waals surface area contributed by atoms with Gasteiger partial charge < -0.3 is 5.32 Å². The molecule has 0 radical (unpaired) electrons. The Hall–Kier alpha value is -1.61. The Morgan fingerprint density at radius 3 is 2.63 bits per heavy atom. The van der Waals surface area contributed by atoms with Crippen LogP contribution in [-0.4, -0.2) is 9.78 Å². The van der Waals surface area contributed by atoms with Crippen molar-refractivity contribution in [3.05, 3.63) is 53.9 Å². The van der Waals surface area contributed by atoms with Crippen LogP contribution in [0.1, 0.15) is 43.5 Å². The fraction of sp³-hybridized carbons (Fsp3) is 0.438. The number of nitrogens with zero attached hydrogens (tertiary/aromatic N) is 2. The molecule has 1 aromatic heterocycles. The first-order valence-electron chi connectivity index (χ1n) is 7.06. The van der Waals surface area contributed by atoms with E-state index in [1.54, 1.807) is 0 Å². The first-order chi connectivity index (χ1) is 9.31. The number of benzene rings is 1. The maximum atomic E-state index is 4.21. The van der Waals surface area contributed by atoms with Crippen LogP contribution >= 0.6 is 0 Å². The van der Waals surface area contributed by atoms with Gasteiger partial charge in [-0.05, 0) is 18.1 Å². The predicted octanol–water partition coefficient (Wildman–Crippen LogP) is 3.44. The summed E-state index contributed by atoms with van der Waals surface area (Å²) < 4.78 is 1.93. The van der Waals surface area contributed by atoms with E-state index in [4.69, 9.17) is 0 Å². The first kappa shape index (κ1) is 13.8. The van der Waals surface area contributed by atoms with E-state index in [1.165, 1.54) is 30.5 Å².